The molecule has 1 atom stereocenters. The Morgan fingerprint density at radius 1 is 1.41 bits per heavy atom. The van der Waals surface area contributed by atoms with Crippen LogP contribution in [0.3, 0.4) is 0 Å². The molecule has 0 fully saturated rings. The van der Waals surface area contributed by atoms with Crippen molar-refractivity contribution in [2.24, 2.45) is 11.1 Å². The monoisotopic (exact) mass is 237 g/mol. The Bertz CT molecular complexity index is 395. The van der Waals surface area contributed by atoms with Gasteiger partial charge in [-0.2, -0.15) is 0 Å². The van der Waals surface area contributed by atoms with E-state index in [0.29, 0.717) is 12.0 Å². The topological polar surface area (TPSA) is 43.1 Å². The van der Waals surface area contributed by atoms with Crippen molar-refractivity contribution < 1.29 is 9.18 Å². The summed E-state index contributed by atoms with van der Waals surface area (Å²) in [4.78, 5) is 11.8. The molecule has 0 aromatic heterocycles. The normalized spacial score (nSPS) is 13.5. The number of rotatable bonds is 4. The zero-order valence-corrected chi connectivity index (χ0v) is 10.7. The van der Waals surface area contributed by atoms with E-state index in [4.69, 9.17) is 5.73 Å². The third kappa shape index (κ3) is 4.65. The van der Waals surface area contributed by atoms with Gasteiger partial charge < -0.3 is 5.73 Å². The summed E-state index contributed by atoms with van der Waals surface area (Å²) >= 11 is 0. The molecule has 0 radical (unpaired) electrons. The highest BCUT2D eigenvalue weighted by atomic mass is 19.1. The van der Waals surface area contributed by atoms with Gasteiger partial charge in [0.25, 0.3) is 0 Å². The first-order valence-electron chi connectivity index (χ1n) is 5.81. The van der Waals surface area contributed by atoms with Crippen LogP contribution in [0, 0.1) is 11.2 Å². The van der Waals surface area contributed by atoms with Gasteiger partial charge in [-0.05, 0) is 23.1 Å². The van der Waals surface area contributed by atoms with Crippen molar-refractivity contribution in [3.63, 3.8) is 0 Å². The molecule has 0 saturated carbocycles. The number of carbonyl (C=O) groups excluding carboxylic acids is 1. The lowest BCUT2D eigenvalue weighted by molar-refractivity contribution is -0.119. The van der Waals surface area contributed by atoms with Gasteiger partial charge in [0.15, 0.2) is 0 Å². The SMILES string of the molecule is CC(C)(C)C(N)CC(=O)Cc1cccc(F)c1. The Labute approximate surface area is 102 Å². The van der Waals surface area contributed by atoms with Crippen molar-refractivity contribution in [2.75, 3.05) is 0 Å². The van der Waals surface area contributed by atoms with E-state index >= 15 is 0 Å². The number of halogens is 1. The largest absolute Gasteiger partial charge is 0.327 e. The molecule has 2 nitrogen and oxygen atoms in total. The number of hydrogen-bond donors (Lipinski definition) is 1. The molecule has 0 aliphatic rings. The Morgan fingerprint density at radius 2 is 2.06 bits per heavy atom. The zero-order valence-electron chi connectivity index (χ0n) is 10.7. The summed E-state index contributed by atoms with van der Waals surface area (Å²) in [5, 5.41) is 0. The first-order chi connectivity index (χ1) is 7.79. The summed E-state index contributed by atoms with van der Waals surface area (Å²) in [6, 6.07) is 5.96. The van der Waals surface area contributed by atoms with Gasteiger partial charge in [-0.3, -0.25) is 4.79 Å². The lowest BCUT2D eigenvalue weighted by atomic mass is 9.84. The molecular formula is C14H20FNO. The molecule has 1 unspecified atom stereocenters. The first kappa shape index (κ1) is 13.8. The smallest absolute Gasteiger partial charge is 0.138 e. The van der Waals surface area contributed by atoms with E-state index in [-0.39, 0.29) is 29.5 Å². The van der Waals surface area contributed by atoms with E-state index in [0.717, 1.165) is 0 Å². The van der Waals surface area contributed by atoms with Crippen LogP contribution >= 0.6 is 0 Å². The van der Waals surface area contributed by atoms with Crippen LogP contribution in [-0.2, 0) is 11.2 Å². The molecule has 94 valence electrons. The molecule has 3 heteroatoms. The van der Waals surface area contributed by atoms with Crippen LogP contribution < -0.4 is 5.73 Å². The third-order valence-corrected chi connectivity index (χ3v) is 2.85. The lowest BCUT2D eigenvalue weighted by Crippen LogP contribution is -2.37. The molecule has 0 aliphatic heterocycles. The molecule has 0 aliphatic carbocycles. The number of Topliss-reactive ketones (excluding diaryl/α,β-unsaturated/α-hetero) is 1. The second-order valence-electron chi connectivity index (χ2n) is 5.52. The number of benzene rings is 1. The van der Waals surface area contributed by atoms with Crippen LogP contribution in [-0.4, -0.2) is 11.8 Å². The minimum Gasteiger partial charge on any atom is -0.327 e. The van der Waals surface area contributed by atoms with Gasteiger partial charge in [-0.25, -0.2) is 4.39 Å². The summed E-state index contributed by atoms with van der Waals surface area (Å²) < 4.78 is 12.9. The fraction of sp³-hybridized carbons (Fsp3) is 0.500. The van der Waals surface area contributed by atoms with Crippen molar-refractivity contribution in [3.8, 4) is 0 Å². The highest BCUT2D eigenvalue weighted by Gasteiger charge is 2.23. The molecule has 0 saturated heterocycles. The van der Waals surface area contributed by atoms with Gasteiger partial charge in [0.2, 0.25) is 0 Å². The zero-order chi connectivity index (χ0) is 13.1. The Morgan fingerprint density at radius 3 is 2.59 bits per heavy atom. The van der Waals surface area contributed by atoms with Crippen LogP contribution in [0.5, 0.6) is 0 Å². The maximum Gasteiger partial charge on any atom is 0.138 e. The maximum absolute atomic E-state index is 12.9. The molecule has 1 aromatic carbocycles. The third-order valence-electron chi connectivity index (χ3n) is 2.85. The average molecular weight is 237 g/mol. The molecular weight excluding hydrogens is 217 g/mol. The van der Waals surface area contributed by atoms with Crippen molar-refractivity contribution in [2.45, 2.75) is 39.7 Å². The fourth-order valence-corrected chi connectivity index (χ4v) is 1.50. The number of hydrogen-bond acceptors (Lipinski definition) is 2. The first-order valence-corrected chi connectivity index (χ1v) is 5.81. The van der Waals surface area contributed by atoms with E-state index < -0.39 is 0 Å². The second kappa shape index (κ2) is 5.41. The Kier molecular flexibility index (Phi) is 4.40. The van der Waals surface area contributed by atoms with Gasteiger partial charge in [-0.15, -0.1) is 0 Å². The standard InChI is InChI=1S/C14H20FNO/c1-14(2,3)13(16)9-12(17)8-10-5-4-6-11(15)7-10/h4-7,13H,8-9,16H2,1-3H3. The number of nitrogens with two attached hydrogens (primary N) is 1. The van der Waals surface area contributed by atoms with E-state index in [1.807, 2.05) is 20.8 Å². The quantitative estimate of drug-likeness (QED) is 0.875. The molecule has 1 aromatic rings. The van der Waals surface area contributed by atoms with Crippen LogP contribution in [0.1, 0.15) is 32.8 Å². The van der Waals surface area contributed by atoms with Gasteiger partial charge in [0.05, 0.1) is 0 Å². The van der Waals surface area contributed by atoms with Crippen LogP contribution in [0.4, 0.5) is 4.39 Å². The minimum atomic E-state index is -0.310. The average Bonchev–Trinajstić information content (AvgIpc) is 2.15. The van der Waals surface area contributed by atoms with Crippen molar-refractivity contribution in [1.29, 1.82) is 0 Å². The summed E-state index contributed by atoms with van der Waals surface area (Å²) in [6.45, 7) is 6.02. The van der Waals surface area contributed by atoms with E-state index in [1.165, 1.54) is 12.1 Å². The van der Waals surface area contributed by atoms with Gasteiger partial charge in [0, 0.05) is 18.9 Å². The highest BCUT2D eigenvalue weighted by Crippen LogP contribution is 2.20. The molecule has 1 rings (SSSR count). The van der Waals surface area contributed by atoms with Gasteiger partial charge >= 0.3 is 0 Å². The highest BCUT2D eigenvalue weighted by molar-refractivity contribution is 5.81. The van der Waals surface area contributed by atoms with Crippen molar-refractivity contribution in [3.05, 3.63) is 35.6 Å². The molecule has 17 heavy (non-hydrogen) atoms. The summed E-state index contributed by atoms with van der Waals surface area (Å²) in [6.07, 6.45) is 0.585. The summed E-state index contributed by atoms with van der Waals surface area (Å²) in [7, 11) is 0. The van der Waals surface area contributed by atoms with E-state index in [1.54, 1.807) is 12.1 Å². The second-order valence-corrected chi connectivity index (χ2v) is 5.52. The molecule has 0 heterocycles. The van der Waals surface area contributed by atoms with E-state index in [2.05, 4.69) is 0 Å². The predicted octanol–water partition coefficient (Wildman–Crippen LogP) is 2.70. The van der Waals surface area contributed by atoms with Crippen molar-refractivity contribution in [1.82, 2.24) is 0 Å². The van der Waals surface area contributed by atoms with Crippen LogP contribution in [0.2, 0.25) is 0 Å². The maximum atomic E-state index is 12.9. The van der Waals surface area contributed by atoms with Gasteiger partial charge in [-0.1, -0.05) is 32.9 Å². The van der Waals surface area contributed by atoms with Gasteiger partial charge in [0.1, 0.15) is 11.6 Å². The summed E-state index contributed by atoms with van der Waals surface area (Å²) in [5.74, 6) is -0.256. The molecule has 0 spiro atoms. The van der Waals surface area contributed by atoms with E-state index in [9.17, 15) is 9.18 Å². The fourth-order valence-electron chi connectivity index (χ4n) is 1.50. The van der Waals surface area contributed by atoms with Crippen LogP contribution in [0.15, 0.2) is 24.3 Å². The molecule has 0 amide bonds. The summed E-state index contributed by atoms with van der Waals surface area (Å²) in [5.41, 5.74) is 6.56. The van der Waals surface area contributed by atoms with Crippen LogP contribution in [0.25, 0.3) is 0 Å². The predicted molar refractivity (Wildman–Crippen MR) is 67.2 cm³/mol. The Hall–Kier alpha value is -1.22. The Balaban J connectivity index is 2.56. The van der Waals surface area contributed by atoms with Crippen molar-refractivity contribution >= 4 is 5.78 Å². The number of carbonyl (C=O) groups is 1. The molecule has 0 bridgehead atoms. The molecule has 2 N–H and O–H groups in total. The minimum absolute atomic E-state index is 0.0537. The lowest BCUT2D eigenvalue weighted by Gasteiger charge is -2.26. The number of ketones is 1.